The predicted molar refractivity (Wildman–Crippen MR) is 61.7 cm³/mol. The van der Waals surface area contributed by atoms with E-state index < -0.39 is 11.7 Å². The molecule has 0 bridgehead atoms. The van der Waals surface area contributed by atoms with Crippen molar-refractivity contribution in [1.29, 1.82) is 0 Å². The third-order valence-electron chi connectivity index (χ3n) is 1.98. The molecule has 0 radical (unpaired) electrons. The van der Waals surface area contributed by atoms with Gasteiger partial charge in [0.05, 0.1) is 0 Å². The fraction of sp³-hybridized carbons (Fsp3) is 0.909. The van der Waals surface area contributed by atoms with E-state index in [4.69, 9.17) is 10.5 Å². The van der Waals surface area contributed by atoms with Gasteiger partial charge in [-0.1, -0.05) is 20.8 Å². The summed E-state index contributed by atoms with van der Waals surface area (Å²) in [6, 6.07) is -0.0787. The van der Waals surface area contributed by atoms with Crippen molar-refractivity contribution >= 4 is 6.09 Å². The molecule has 15 heavy (non-hydrogen) atoms. The summed E-state index contributed by atoms with van der Waals surface area (Å²) in [4.78, 5) is 11.3. The third-order valence-corrected chi connectivity index (χ3v) is 1.98. The summed E-state index contributed by atoms with van der Waals surface area (Å²) in [7, 11) is 0. The molecular weight excluding hydrogens is 192 g/mol. The van der Waals surface area contributed by atoms with Crippen molar-refractivity contribution in [1.82, 2.24) is 5.32 Å². The highest BCUT2D eigenvalue weighted by Crippen LogP contribution is 2.16. The topological polar surface area (TPSA) is 64.3 Å². The number of nitrogens with two attached hydrogens (primary N) is 1. The first-order chi connectivity index (χ1) is 6.52. The number of ether oxygens (including phenoxy) is 1. The fourth-order valence-electron chi connectivity index (χ4n) is 0.814. The van der Waals surface area contributed by atoms with Gasteiger partial charge in [0.1, 0.15) is 5.60 Å². The molecule has 4 nitrogen and oxygen atoms in total. The van der Waals surface area contributed by atoms with Crippen LogP contribution in [0.25, 0.3) is 0 Å². The van der Waals surface area contributed by atoms with Crippen LogP contribution in [-0.4, -0.2) is 24.3 Å². The van der Waals surface area contributed by atoms with Crippen molar-refractivity contribution in [3.05, 3.63) is 0 Å². The van der Waals surface area contributed by atoms with E-state index in [1.165, 1.54) is 0 Å². The van der Waals surface area contributed by atoms with Crippen molar-refractivity contribution in [3.8, 4) is 0 Å². The van der Waals surface area contributed by atoms with Crippen LogP contribution in [0.3, 0.4) is 0 Å². The van der Waals surface area contributed by atoms with Gasteiger partial charge in [-0.05, 0) is 26.2 Å². The van der Waals surface area contributed by atoms with E-state index in [9.17, 15) is 4.79 Å². The average molecular weight is 216 g/mol. The predicted octanol–water partition coefficient (Wildman–Crippen LogP) is 1.88. The van der Waals surface area contributed by atoms with Gasteiger partial charge in [-0.2, -0.15) is 0 Å². The van der Waals surface area contributed by atoms with E-state index in [1.54, 1.807) is 0 Å². The molecule has 0 saturated heterocycles. The lowest BCUT2D eigenvalue weighted by molar-refractivity contribution is 0.0518. The van der Waals surface area contributed by atoms with Crippen LogP contribution in [0.2, 0.25) is 0 Å². The molecule has 0 aliphatic heterocycles. The number of hydrogen-bond acceptors (Lipinski definition) is 3. The number of rotatable bonds is 2. The van der Waals surface area contributed by atoms with E-state index in [0.717, 1.165) is 0 Å². The molecule has 0 spiro atoms. The van der Waals surface area contributed by atoms with E-state index in [1.807, 2.05) is 41.5 Å². The highest BCUT2D eigenvalue weighted by atomic mass is 16.6. The van der Waals surface area contributed by atoms with Gasteiger partial charge in [0, 0.05) is 12.6 Å². The van der Waals surface area contributed by atoms with Crippen LogP contribution in [-0.2, 0) is 4.74 Å². The third kappa shape index (κ3) is 7.19. The quantitative estimate of drug-likeness (QED) is 0.740. The molecule has 0 heterocycles. The number of hydrogen-bond donors (Lipinski definition) is 2. The molecule has 0 aromatic rings. The lowest BCUT2D eigenvalue weighted by atomic mass is 9.87. The minimum atomic E-state index is -0.462. The largest absolute Gasteiger partial charge is 0.444 e. The Kier molecular flexibility index (Phi) is 4.59. The summed E-state index contributed by atoms with van der Waals surface area (Å²) in [5.74, 6) is 0. The minimum Gasteiger partial charge on any atom is -0.444 e. The number of nitrogens with one attached hydrogen (secondary N) is 1. The van der Waals surface area contributed by atoms with E-state index >= 15 is 0 Å². The Morgan fingerprint density at radius 2 is 1.73 bits per heavy atom. The zero-order valence-corrected chi connectivity index (χ0v) is 10.7. The molecule has 1 amide bonds. The zero-order chi connectivity index (χ0) is 12.3. The van der Waals surface area contributed by atoms with Crippen molar-refractivity contribution < 1.29 is 9.53 Å². The molecule has 1 atom stereocenters. The number of amides is 1. The second-order valence-corrected chi connectivity index (χ2v) is 5.86. The van der Waals surface area contributed by atoms with E-state index in [-0.39, 0.29) is 11.5 Å². The van der Waals surface area contributed by atoms with Gasteiger partial charge in [-0.25, -0.2) is 4.79 Å². The fourth-order valence-corrected chi connectivity index (χ4v) is 0.814. The Hall–Kier alpha value is -0.770. The summed E-state index contributed by atoms with van der Waals surface area (Å²) >= 11 is 0. The van der Waals surface area contributed by atoms with E-state index in [2.05, 4.69) is 5.32 Å². The first-order valence-corrected chi connectivity index (χ1v) is 5.25. The van der Waals surface area contributed by atoms with Gasteiger partial charge in [0.25, 0.3) is 0 Å². The maximum absolute atomic E-state index is 11.3. The Labute approximate surface area is 92.6 Å². The van der Waals surface area contributed by atoms with Crippen LogP contribution in [0.15, 0.2) is 0 Å². The molecule has 0 saturated carbocycles. The molecule has 90 valence electrons. The normalized spacial score (nSPS) is 14.6. The van der Waals surface area contributed by atoms with Crippen LogP contribution in [0, 0.1) is 5.41 Å². The van der Waals surface area contributed by atoms with Gasteiger partial charge < -0.3 is 15.8 Å². The molecule has 0 aromatic heterocycles. The van der Waals surface area contributed by atoms with Gasteiger partial charge in [0.2, 0.25) is 0 Å². The molecule has 0 aliphatic rings. The van der Waals surface area contributed by atoms with Crippen molar-refractivity contribution in [3.63, 3.8) is 0 Å². The minimum absolute atomic E-state index is 0.0188. The number of alkyl carbamates (subject to hydrolysis) is 1. The van der Waals surface area contributed by atoms with Crippen LogP contribution in [0.1, 0.15) is 41.5 Å². The smallest absolute Gasteiger partial charge is 0.407 e. The Morgan fingerprint density at radius 1 is 1.27 bits per heavy atom. The highest BCUT2D eigenvalue weighted by Gasteiger charge is 2.22. The van der Waals surface area contributed by atoms with Crippen molar-refractivity contribution in [2.75, 3.05) is 6.54 Å². The monoisotopic (exact) mass is 216 g/mol. The molecule has 3 N–H and O–H groups in total. The standard InChI is InChI=1S/C11H24N2O2/c1-10(2,3)8(12)7-13-9(14)15-11(4,5)6/h8H,7,12H2,1-6H3,(H,13,14)/t8-/m0/s1. The van der Waals surface area contributed by atoms with E-state index in [0.29, 0.717) is 6.54 Å². The Bertz CT molecular complexity index is 214. The second kappa shape index (κ2) is 4.84. The summed E-state index contributed by atoms with van der Waals surface area (Å²) in [6.07, 6.45) is -0.415. The Balaban J connectivity index is 3.92. The van der Waals surface area contributed by atoms with Crippen molar-refractivity contribution in [2.45, 2.75) is 53.2 Å². The number of carbonyl (C=O) groups excluding carboxylic acids is 1. The van der Waals surface area contributed by atoms with Gasteiger partial charge >= 0.3 is 6.09 Å². The second-order valence-electron chi connectivity index (χ2n) is 5.86. The first-order valence-electron chi connectivity index (χ1n) is 5.25. The van der Waals surface area contributed by atoms with Crippen molar-refractivity contribution in [2.24, 2.45) is 11.1 Å². The highest BCUT2D eigenvalue weighted by molar-refractivity contribution is 5.67. The number of carbonyl (C=O) groups is 1. The summed E-state index contributed by atoms with van der Waals surface area (Å²) in [5.41, 5.74) is 5.41. The molecule has 0 rings (SSSR count). The maximum atomic E-state index is 11.3. The van der Waals surface area contributed by atoms with Gasteiger partial charge in [-0.3, -0.25) is 0 Å². The summed E-state index contributed by atoms with van der Waals surface area (Å²) in [5, 5.41) is 2.66. The average Bonchev–Trinajstić information content (AvgIpc) is 1.94. The molecule has 0 aromatic carbocycles. The zero-order valence-electron chi connectivity index (χ0n) is 10.7. The molecule has 4 heteroatoms. The molecule has 0 aliphatic carbocycles. The van der Waals surface area contributed by atoms with Gasteiger partial charge in [0.15, 0.2) is 0 Å². The SMILES string of the molecule is CC(C)(C)OC(=O)NC[C@H](N)C(C)(C)C. The molecular formula is C11H24N2O2. The summed E-state index contributed by atoms with van der Waals surface area (Å²) < 4.78 is 5.10. The van der Waals surface area contributed by atoms with Crippen LogP contribution in [0.5, 0.6) is 0 Å². The Morgan fingerprint density at radius 3 is 2.07 bits per heavy atom. The molecule has 0 fully saturated rings. The van der Waals surface area contributed by atoms with Crippen LogP contribution >= 0.6 is 0 Å². The maximum Gasteiger partial charge on any atom is 0.407 e. The van der Waals surface area contributed by atoms with Gasteiger partial charge in [-0.15, -0.1) is 0 Å². The molecule has 0 unspecified atom stereocenters. The first kappa shape index (κ1) is 14.2. The summed E-state index contributed by atoms with van der Waals surface area (Å²) in [6.45, 7) is 12.0. The lowest BCUT2D eigenvalue weighted by Gasteiger charge is -2.27. The van der Waals surface area contributed by atoms with Crippen LogP contribution < -0.4 is 11.1 Å². The van der Waals surface area contributed by atoms with Crippen LogP contribution in [0.4, 0.5) is 4.79 Å². The lowest BCUT2D eigenvalue weighted by Crippen LogP contribution is -2.46.